The Morgan fingerprint density at radius 1 is 0.662 bits per heavy atom. The molecule has 5 aromatic rings. The van der Waals surface area contributed by atoms with Crippen molar-refractivity contribution in [2.45, 2.75) is 105 Å². The number of likely N-dealkylation sites (tertiary alicyclic amines) is 1. The second kappa shape index (κ2) is 27.1. The van der Waals surface area contributed by atoms with Crippen molar-refractivity contribution in [1.29, 1.82) is 10.8 Å². The Hall–Kier alpha value is -8.17. The lowest BCUT2D eigenvalue weighted by Crippen LogP contribution is -2.48. The molecule has 21 heteroatoms. The van der Waals surface area contributed by atoms with Gasteiger partial charge in [-0.05, 0) is 117 Å². The number of carbonyl (C=O) groups excluding carboxylic acids is 5. The second-order valence-corrected chi connectivity index (χ2v) is 21.1. The smallest absolute Gasteiger partial charge is 0.289 e. The van der Waals surface area contributed by atoms with Crippen LogP contribution in [0.15, 0.2) is 72.8 Å². The predicted molar refractivity (Wildman–Crippen MR) is 305 cm³/mol. The lowest BCUT2D eigenvalue weighted by molar-refractivity contribution is -0.133. The molecular weight excluding hydrogens is 1020 g/mol. The minimum Gasteiger partial charge on any atom is -0.508 e. The first kappa shape index (κ1) is 59.5. The van der Waals surface area contributed by atoms with Crippen molar-refractivity contribution in [2.75, 3.05) is 63.8 Å². The zero-order valence-electron chi connectivity index (χ0n) is 46.6. The van der Waals surface area contributed by atoms with Crippen molar-refractivity contribution >= 4 is 46.8 Å². The van der Waals surface area contributed by atoms with E-state index in [9.17, 15) is 44.4 Å². The fourth-order valence-electron chi connectivity index (χ4n) is 10.2. The number of nitrogens with zero attached hydrogens (tertiary/aromatic N) is 7. The highest BCUT2D eigenvalue weighted by atomic mass is 16.3. The molecule has 21 nitrogen and oxygen atoms in total. The molecule has 2 aliphatic rings. The number of carbonyl (C=O) groups is 5. The molecule has 0 saturated carbocycles. The number of ketones is 1. The molecule has 0 bridgehead atoms. The fourth-order valence-corrected chi connectivity index (χ4v) is 10.2. The van der Waals surface area contributed by atoms with E-state index in [0.717, 1.165) is 16.0 Å². The Bertz CT molecular complexity index is 3050. The van der Waals surface area contributed by atoms with Gasteiger partial charge in [-0.2, -0.15) is 0 Å². The van der Waals surface area contributed by atoms with Crippen LogP contribution in [0, 0.1) is 16.7 Å². The molecule has 3 heterocycles. The van der Waals surface area contributed by atoms with Crippen LogP contribution >= 0.6 is 0 Å². The zero-order valence-corrected chi connectivity index (χ0v) is 46.6. The molecular formula is C59H76N12O9. The van der Waals surface area contributed by atoms with Gasteiger partial charge in [-0.1, -0.05) is 52.0 Å². The average Bonchev–Trinajstić information content (AvgIpc) is 3.93. The molecule has 426 valence electrons. The highest BCUT2D eigenvalue weighted by Gasteiger charge is 2.30. The summed E-state index contributed by atoms with van der Waals surface area (Å²) >= 11 is 0. The second-order valence-electron chi connectivity index (χ2n) is 21.1. The molecule has 80 heavy (non-hydrogen) atoms. The molecule has 0 radical (unpaired) electrons. The third-order valence-electron chi connectivity index (χ3n) is 14.7. The maximum absolute atomic E-state index is 13.2. The van der Waals surface area contributed by atoms with Gasteiger partial charge in [-0.15, -0.1) is 10.2 Å². The molecule has 1 aromatic heterocycles. The van der Waals surface area contributed by atoms with Gasteiger partial charge in [0.05, 0.1) is 11.1 Å². The molecule has 7 rings (SSSR count). The summed E-state index contributed by atoms with van der Waals surface area (Å²) in [6, 6.07) is 20.4. The average molecular weight is 1100 g/mol. The molecule has 2 aliphatic heterocycles. The Kier molecular flexibility index (Phi) is 20.2. The van der Waals surface area contributed by atoms with E-state index in [1.165, 1.54) is 18.2 Å². The molecule has 9 N–H and O–H groups in total. The van der Waals surface area contributed by atoms with E-state index in [2.05, 4.69) is 35.9 Å². The predicted octanol–water partition coefficient (Wildman–Crippen LogP) is 6.50. The number of amidine groups is 2. The number of hydrogen-bond acceptors (Lipinski definition) is 15. The number of phenolic OH excluding ortho intramolecular Hbond substituents is 4. The van der Waals surface area contributed by atoms with Crippen molar-refractivity contribution in [3.05, 3.63) is 106 Å². The van der Waals surface area contributed by atoms with Crippen LogP contribution in [-0.2, 0) is 32.3 Å². The van der Waals surface area contributed by atoms with Crippen LogP contribution in [0.3, 0.4) is 0 Å². The van der Waals surface area contributed by atoms with E-state index < -0.39 is 17.6 Å². The van der Waals surface area contributed by atoms with E-state index in [0.29, 0.717) is 106 Å². The number of aromatic hydroxyl groups is 4. The Morgan fingerprint density at radius 3 is 1.84 bits per heavy atom. The van der Waals surface area contributed by atoms with Crippen LogP contribution in [-0.4, -0.2) is 150 Å². The summed E-state index contributed by atoms with van der Waals surface area (Å²) in [5.74, 6) is -2.66. The quantitative estimate of drug-likeness (QED) is 0.0280. The summed E-state index contributed by atoms with van der Waals surface area (Å²) in [7, 11) is 0. The van der Waals surface area contributed by atoms with Gasteiger partial charge in [-0.25, -0.2) is 0 Å². The monoisotopic (exact) mass is 1100 g/mol. The lowest BCUT2D eigenvalue weighted by Gasteiger charge is -2.35. The molecule has 4 amide bonds. The number of Topliss-reactive ketones (excluding diaryl/α,β-unsaturated/α-hetero) is 1. The van der Waals surface area contributed by atoms with Crippen molar-refractivity contribution in [2.24, 2.45) is 5.92 Å². The maximum Gasteiger partial charge on any atom is 0.289 e. The van der Waals surface area contributed by atoms with E-state index in [4.69, 9.17) is 10.8 Å². The van der Waals surface area contributed by atoms with Gasteiger partial charge in [-0.3, -0.25) is 54.1 Å². The van der Waals surface area contributed by atoms with Crippen LogP contribution in [0.4, 0.5) is 5.69 Å². The summed E-state index contributed by atoms with van der Waals surface area (Å²) in [6.07, 6.45) is 2.43. The van der Waals surface area contributed by atoms with E-state index in [1.54, 1.807) is 36.6 Å². The van der Waals surface area contributed by atoms with Gasteiger partial charge in [0.1, 0.15) is 34.6 Å². The van der Waals surface area contributed by atoms with Crippen molar-refractivity contribution in [1.82, 2.24) is 45.4 Å². The first-order valence-electron chi connectivity index (χ1n) is 27.6. The largest absolute Gasteiger partial charge is 0.508 e. The van der Waals surface area contributed by atoms with Crippen LogP contribution in [0.25, 0.3) is 17.1 Å². The van der Waals surface area contributed by atoms with Crippen LogP contribution in [0.5, 0.6) is 23.0 Å². The number of aromatic nitrogens is 3. The lowest BCUT2D eigenvalue weighted by atomic mass is 9.90. The SMILES string of the molecule is CCNC(=O)C(=N)N(C(=N)c1cc(C(C)C)c(O)cc1O)c1ccc(CN2CCC(C(=O)CCNC(=O)CCCC(=O)N3CCN(Cc4ccc(-n5c(C(=O)NCC)nnc5-c5cc(C(C)C)c(O)cc5O)cc4)CC3)CC2)cc1. The highest BCUT2D eigenvalue weighted by molar-refractivity contribution is 6.48. The zero-order chi connectivity index (χ0) is 57.8. The third kappa shape index (κ3) is 14.5. The van der Waals surface area contributed by atoms with Crippen LogP contribution in [0.2, 0.25) is 0 Å². The van der Waals surface area contributed by atoms with Gasteiger partial charge in [0.25, 0.3) is 11.8 Å². The van der Waals surface area contributed by atoms with Crippen LogP contribution < -0.4 is 20.9 Å². The molecule has 2 fully saturated rings. The number of rotatable bonds is 21. The summed E-state index contributed by atoms with van der Waals surface area (Å²) in [5.41, 5.74) is 4.48. The first-order chi connectivity index (χ1) is 38.3. The highest BCUT2D eigenvalue weighted by Crippen LogP contribution is 2.39. The van der Waals surface area contributed by atoms with Gasteiger partial charge in [0.15, 0.2) is 11.7 Å². The Morgan fingerprint density at radius 2 is 1.24 bits per heavy atom. The van der Waals surface area contributed by atoms with E-state index in [-0.39, 0.29) is 114 Å². The Labute approximate surface area is 467 Å². The number of amides is 4. The van der Waals surface area contributed by atoms with Gasteiger partial charge in [0.2, 0.25) is 17.6 Å². The van der Waals surface area contributed by atoms with Crippen molar-refractivity contribution < 1.29 is 44.4 Å². The molecule has 0 aliphatic carbocycles. The Balaban J connectivity index is 0.809. The number of benzene rings is 4. The molecule has 0 unspecified atom stereocenters. The summed E-state index contributed by atoms with van der Waals surface area (Å²) in [5, 5.41) is 77.0. The molecule has 0 atom stereocenters. The number of hydrogen-bond donors (Lipinski definition) is 9. The number of likely N-dealkylation sites (N-methyl/N-ethyl adjacent to an activating group) is 1. The summed E-state index contributed by atoms with van der Waals surface area (Å²) in [4.78, 5) is 72.6. The maximum atomic E-state index is 13.2. The normalized spacial score (nSPS) is 14.3. The number of piperidine rings is 1. The minimum absolute atomic E-state index is 0.000108. The van der Waals surface area contributed by atoms with Crippen molar-refractivity contribution in [3.63, 3.8) is 0 Å². The van der Waals surface area contributed by atoms with E-state index >= 15 is 0 Å². The minimum atomic E-state index is -0.689. The number of anilines is 1. The summed E-state index contributed by atoms with van der Waals surface area (Å²) in [6.45, 7) is 17.1. The van der Waals surface area contributed by atoms with Crippen molar-refractivity contribution in [3.8, 4) is 40.1 Å². The number of nitrogens with one attached hydrogen (secondary N) is 5. The summed E-state index contributed by atoms with van der Waals surface area (Å²) < 4.78 is 1.59. The molecule has 0 spiro atoms. The van der Waals surface area contributed by atoms with Crippen LogP contribution in [0.1, 0.15) is 130 Å². The van der Waals surface area contributed by atoms with Gasteiger partial charge in [0, 0.05) is 108 Å². The molecule has 2 saturated heterocycles. The van der Waals surface area contributed by atoms with Gasteiger partial charge < -0.3 is 41.3 Å². The van der Waals surface area contributed by atoms with E-state index in [1.807, 2.05) is 69.0 Å². The number of piperazine rings is 1. The third-order valence-corrected chi connectivity index (χ3v) is 14.7. The molecule has 4 aromatic carbocycles. The standard InChI is InChI=1S/C59H76N12O9/c1-7-62-58(79)55(61)70(54(60)45-30-43(36(3)4)48(73)32-50(45)75)41-16-12-38(13-17-41)34-67-24-21-40(22-25-67)47(72)20-23-64-52(77)10-9-11-53(78)69-28-26-68(27-29-69)35-39-14-18-42(19-15-39)71-56(65-66-57(71)59(80)63-8-2)46-31-44(37(5)6)49(74)33-51(46)76/h12-19,30-33,36-37,40,60-61,73-76H,7-11,20-29,34-35H2,1-6H3,(H,62,79)(H,63,80)(H,64,77). The van der Waals surface area contributed by atoms with Gasteiger partial charge >= 0.3 is 0 Å². The number of phenols is 4. The topological polar surface area (TPSA) is 294 Å². The first-order valence-corrected chi connectivity index (χ1v) is 27.6. The fraction of sp³-hybridized carbons (Fsp3) is 0.441.